The van der Waals surface area contributed by atoms with Gasteiger partial charge in [-0.3, -0.25) is 0 Å². The van der Waals surface area contributed by atoms with Crippen LogP contribution in [-0.4, -0.2) is 43.2 Å². The minimum Gasteiger partial charge on any atom is -0.481 e. The third-order valence-electron chi connectivity index (χ3n) is 3.93. The summed E-state index contributed by atoms with van der Waals surface area (Å²) in [6.45, 7) is 3.02. The number of hydrogen-bond donors (Lipinski definition) is 1. The molecule has 1 aliphatic carbocycles. The quantitative estimate of drug-likeness (QED) is 0.764. The first kappa shape index (κ1) is 14.3. The van der Waals surface area contributed by atoms with Crippen molar-refractivity contribution in [3.05, 3.63) is 23.9 Å². The van der Waals surface area contributed by atoms with Crippen molar-refractivity contribution in [3.8, 4) is 5.88 Å². The Morgan fingerprint density at radius 1 is 1.37 bits per heavy atom. The number of likely N-dealkylation sites (N-methyl/N-ethyl adjacent to an activating group) is 1. The molecule has 1 aromatic rings. The van der Waals surface area contributed by atoms with Crippen LogP contribution in [0.2, 0.25) is 0 Å². The monoisotopic (exact) mass is 263 g/mol. The molecule has 0 bridgehead atoms. The molecule has 4 heteroatoms. The lowest BCUT2D eigenvalue weighted by Crippen LogP contribution is -2.35. The largest absolute Gasteiger partial charge is 0.481 e. The van der Waals surface area contributed by atoms with Crippen LogP contribution in [0, 0.1) is 0 Å². The van der Waals surface area contributed by atoms with Gasteiger partial charge >= 0.3 is 0 Å². The number of hydrogen-bond acceptors (Lipinski definition) is 4. The van der Waals surface area contributed by atoms with E-state index in [0.717, 1.165) is 25.7 Å². The second kappa shape index (κ2) is 7.46. The number of nitrogens with zero attached hydrogens (tertiary/aromatic N) is 2. The molecular weight excluding hydrogens is 238 g/mol. The van der Waals surface area contributed by atoms with Gasteiger partial charge in [0.1, 0.15) is 0 Å². The van der Waals surface area contributed by atoms with Crippen LogP contribution < -0.4 is 10.1 Å². The average Bonchev–Trinajstić information content (AvgIpc) is 2.98. The van der Waals surface area contributed by atoms with Crippen LogP contribution in [0.1, 0.15) is 31.2 Å². The molecule has 0 radical (unpaired) electrons. The van der Waals surface area contributed by atoms with E-state index in [9.17, 15) is 0 Å². The zero-order valence-electron chi connectivity index (χ0n) is 12.1. The van der Waals surface area contributed by atoms with Crippen molar-refractivity contribution in [2.45, 2.75) is 38.3 Å². The minimum absolute atomic E-state index is 0.671. The van der Waals surface area contributed by atoms with Crippen molar-refractivity contribution >= 4 is 0 Å². The molecule has 0 saturated heterocycles. The number of nitrogens with one attached hydrogen (secondary N) is 1. The molecule has 106 valence electrons. The van der Waals surface area contributed by atoms with Crippen LogP contribution >= 0.6 is 0 Å². The van der Waals surface area contributed by atoms with Crippen LogP contribution in [-0.2, 0) is 6.54 Å². The van der Waals surface area contributed by atoms with E-state index in [2.05, 4.69) is 28.3 Å². The van der Waals surface area contributed by atoms with Crippen molar-refractivity contribution in [2.75, 3.05) is 27.2 Å². The summed E-state index contributed by atoms with van der Waals surface area (Å²) in [6, 6.07) is 4.77. The van der Waals surface area contributed by atoms with E-state index in [0.29, 0.717) is 5.88 Å². The first-order valence-corrected chi connectivity index (χ1v) is 7.19. The molecule has 2 rings (SSSR count). The van der Waals surface area contributed by atoms with Crippen LogP contribution in [0.3, 0.4) is 0 Å². The summed E-state index contributed by atoms with van der Waals surface area (Å²) < 4.78 is 5.05. The molecule has 1 aromatic heterocycles. The summed E-state index contributed by atoms with van der Waals surface area (Å²) in [4.78, 5) is 6.69. The van der Waals surface area contributed by atoms with E-state index in [-0.39, 0.29) is 0 Å². The molecule has 0 aliphatic heterocycles. The molecule has 4 nitrogen and oxygen atoms in total. The number of aromatic nitrogens is 1. The summed E-state index contributed by atoms with van der Waals surface area (Å²) in [7, 11) is 3.88. The molecule has 0 amide bonds. The average molecular weight is 263 g/mol. The van der Waals surface area contributed by atoms with Gasteiger partial charge in [-0.2, -0.15) is 0 Å². The molecule has 0 aromatic carbocycles. The first-order chi connectivity index (χ1) is 9.29. The van der Waals surface area contributed by atoms with Crippen molar-refractivity contribution in [2.24, 2.45) is 0 Å². The third kappa shape index (κ3) is 4.48. The van der Waals surface area contributed by atoms with Crippen molar-refractivity contribution in [3.63, 3.8) is 0 Å². The first-order valence-electron chi connectivity index (χ1n) is 7.19. The van der Waals surface area contributed by atoms with Crippen LogP contribution in [0.5, 0.6) is 5.88 Å². The van der Waals surface area contributed by atoms with Gasteiger partial charge in [0, 0.05) is 37.9 Å². The summed E-state index contributed by atoms with van der Waals surface area (Å²) in [5.74, 6) is 0.671. The molecule has 0 unspecified atom stereocenters. The molecule has 19 heavy (non-hydrogen) atoms. The second-order valence-electron chi connectivity index (χ2n) is 5.30. The molecule has 0 spiro atoms. The minimum atomic E-state index is 0.671. The molecule has 1 fully saturated rings. The number of methoxy groups -OCH3 is 1. The highest BCUT2D eigenvalue weighted by Gasteiger charge is 2.18. The van der Waals surface area contributed by atoms with Gasteiger partial charge in [-0.1, -0.05) is 18.9 Å². The third-order valence-corrected chi connectivity index (χ3v) is 3.93. The molecule has 1 N–H and O–H groups in total. The molecule has 0 atom stereocenters. The predicted molar refractivity (Wildman–Crippen MR) is 77.4 cm³/mol. The van der Waals surface area contributed by atoms with E-state index >= 15 is 0 Å². The lowest BCUT2D eigenvalue weighted by Gasteiger charge is -2.23. The summed E-state index contributed by atoms with van der Waals surface area (Å²) in [6.07, 6.45) is 7.42. The van der Waals surface area contributed by atoms with Gasteiger partial charge in [-0.15, -0.1) is 0 Å². The SMILES string of the molecule is COc1ccc(CNCCN(C)C2CCCC2)cn1. The lowest BCUT2D eigenvalue weighted by molar-refractivity contribution is 0.245. The maximum atomic E-state index is 5.05. The molecular formula is C15H25N3O. The maximum absolute atomic E-state index is 5.05. The van der Waals surface area contributed by atoms with Gasteiger partial charge in [0.2, 0.25) is 5.88 Å². The smallest absolute Gasteiger partial charge is 0.212 e. The Morgan fingerprint density at radius 3 is 2.79 bits per heavy atom. The van der Waals surface area contributed by atoms with E-state index < -0.39 is 0 Å². The number of rotatable bonds is 7. The summed E-state index contributed by atoms with van der Waals surface area (Å²) >= 11 is 0. The van der Waals surface area contributed by atoms with Gasteiger partial charge in [-0.25, -0.2) is 4.98 Å². The van der Waals surface area contributed by atoms with Crippen LogP contribution in [0.25, 0.3) is 0 Å². The Labute approximate surface area is 116 Å². The lowest BCUT2D eigenvalue weighted by atomic mass is 10.2. The van der Waals surface area contributed by atoms with Gasteiger partial charge in [0.15, 0.2) is 0 Å². The molecule has 1 heterocycles. The standard InChI is InChI=1S/C15H25N3O/c1-18(14-5-3-4-6-14)10-9-16-11-13-7-8-15(19-2)17-12-13/h7-8,12,14,16H,3-6,9-11H2,1-2H3. The van der Waals surface area contributed by atoms with Crippen molar-refractivity contribution in [1.29, 1.82) is 0 Å². The Balaban J connectivity index is 1.62. The van der Waals surface area contributed by atoms with Crippen molar-refractivity contribution < 1.29 is 4.74 Å². The summed E-state index contributed by atoms with van der Waals surface area (Å²) in [5.41, 5.74) is 1.20. The topological polar surface area (TPSA) is 37.4 Å². The highest BCUT2D eigenvalue weighted by atomic mass is 16.5. The second-order valence-corrected chi connectivity index (χ2v) is 5.30. The predicted octanol–water partition coefficient (Wildman–Crippen LogP) is 2.05. The van der Waals surface area contributed by atoms with E-state index in [1.807, 2.05) is 12.3 Å². The fraction of sp³-hybridized carbons (Fsp3) is 0.667. The van der Waals surface area contributed by atoms with E-state index in [1.165, 1.54) is 31.2 Å². The molecule has 1 saturated carbocycles. The fourth-order valence-electron chi connectivity index (χ4n) is 2.65. The molecule has 1 aliphatic rings. The van der Waals surface area contributed by atoms with Gasteiger partial charge in [0.05, 0.1) is 7.11 Å². The summed E-state index contributed by atoms with van der Waals surface area (Å²) in [5, 5.41) is 3.47. The Hall–Kier alpha value is -1.13. The highest BCUT2D eigenvalue weighted by Crippen LogP contribution is 2.21. The maximum Gasteiger partial charge on any atom is 0.212 e. The van der Waals surface area contributed by atoms with Crippen LogP contribution in [0.15, 0.2) is 18.3 Å². The van der Waals surface area contributed by atoms with Gasteiger partial charge in [-0.05, 0) is 25.5 Å². The zero-order chi connectivity index (χ0) is 13.5. The Kier molecular flexibility index (Phi) is 5.61. The normalized spacial score (nSPS) is 16.2. The fourth-order valence-corrected chi connectivity index (χ4v) is 2.65. The number of pyridine rings is 1. The zero-order valence-corrected chi connectivity index (χ0v) is 12.1. The van der Waals surface area contributed by atoms with E-state index in [4.69, 9.17) is 4.74 Å². The number of ether oxygens (including phenoxy) is 1. The Morgan fingerprint density at radius 2 is 2.16 bits per heavy atom. The van der Waals surface area contributed by atoms with Crippen LogP contribution in [0.4, 0.5) is 0 Å². The van der Waals surface area contributed by atoms with Gasteiger partial charge in [0.25, 0.3) is 0 Å². The van der Waals surface area contributed by atoms with Gasteiger partial charge < -0.3 is 15.0 Å². The van der Waals surface area contributed by atoms with Crippen molar-refractivity contribution in [1.82, 2.24) is 15.2 Å². The highest BCUT2D eigenvalue weighted by molar-refractivity contribution is 5.17. The van der Waals surface area contributed by atoms with E-state index in [1.54, 1.807) is 7.11 Å². The Bertz CT molecular complexity index is 360.